The number of nitrogens with one attached hydrogen (secondary N) is 2. The van der Waals surface area contributed by atoms with Crippen LogP contribution in [0.1, 0.15) is 19.8 Å². The summed E-state index contributed by atoms with van der Waals surface area (Å²) >= 11 is 0. The van der Waals surface area contributed by atoms with E-state index in [1.165, 1.54) is 4.90 Å². The minimum atomic E-state index is -0.684. The molecule has 2 fully saturated rings. The normalized spacial score (nSPS) is 28.2. The summed E-state index contributed by atoms with van der Waals surface area (Å²) in [5.41, 5.74) is -0.684. The van der Waals surface area contributed by atoms with Crippen LogP contribution in [-0.2, 0) is 4.79 Å². The molecule has 2 saturated heterocycles. The quantitative estimate of drug-likeness (QED) is 0.496. The van der Waals surface area contributed by atoms with Crippen LogP contribution < -0.4 is 10.6 Å². The molecule has 0 aromatic rings. The Morgan fingerprint density at radius 3 is 2.94 bits per heavy atom. The van der Waals surface area contributed by atoms with Crippen molar-refractivity contribution >= 4 is 11.9 Å². The molecule has 0 aromatic carbocycles. The molecule has 86 valence electrons. The smallest absolute Gasteiger partial charge is 0.322 e. The van der Waals surface area contributed by atoms with Gasteiger partial charge in [-0.3, -0.25) is 9.69 Å². The molecular weight excluding hydrogens is 206 g/mol. The number of nitrogens with zero attached hydrogens (tertiary/aromatic N) is 1. The van der Waals surface area contributed by atoms with E-state index in [0.29, 0.717) is 25.9 Å². The van der Waals surface area contributed by atoms with Crippen molar-refractivity contribution in [3.63, 3.8) is 0 Å². The van der Waals surface area contributed by atoms with Crippen LogP contribution >= 0.6 is 0 Å². The molecule has 1 atom stereocenters. The van der Waals surface area contributed by atoms with E-state index in [0.717, 1.165) is 6.54 Å². The number of hydrogen-bond donors (Lipinski definition) is 2. The summed E-state index contributed by atoms with van der Waals surface area (Å²) in [4.78, 5) is 25.0. The van der Waals surface area contributed by atoms with Crippen molar-refractivity contribution in [3.8, 4) is 11.8 Å². The fourth-order valence-electron chi connectivity index (χ4n) is 2.15. The first-order chi connectivity index (χ1) is 7.69. The van der Waals surface area contributed by atoms with Crippen molar-refractivity contribution in [1.29, 1.82) is 0 Å². The van der Waals surface area contributed by atoms with E-state index in [2.05, 4.69) is 22.5 Å². The Morgan fingerprint density at radius 1 is 1.50 bits per heavy atom. The van der Waals surface area contributed by atoms with Gasteiger partial charge in [0.25, 0.3) is 5.91 Å². The Kier molecular flexibility index (Phi) is 2.84. The average Bonchev–Trinajstić information content (AvgIpc) is 2.80. The lowest BCUT2D eigenvalue weighted by molar-refractivity contribution is -0.130. The predicted octanol–water partition coefficient (Wildman–Crippen LogP) is -0.316. The van der Waals surface area contributed by atoms with Gasteiger partial charge in [-0.1, -0.05) is 0 Å². The van der Waals surface area contributed by atoms with Gasteiger partial charge in [-0.05, 0) is 19.9 Å². The Morgan fingerprint density at radius 2 is 2.31 bits per heavy atom. The largest absolute Gasteiger partial charge is 0.325 e. The third-order valence-corrected chi connectivity index (χ3v) is 3.04. The van der Waals surface area contributed by atoms with Gasteiger partial charge in [0.15, 0.2) is 0 Å². The standard InChI is InChI=1S/C11H15N3O2/c1-2-3-4-7-14-9(15)11(13-10(14)16)5-6-12-8-11/h12H,4-8H2,1H3,(H,13,16). The van der Waals surface area contributed by atoms with Crippen LogP contribution in [0.25, 0.3) is 0 Å². The molecule has 16 heavy (non-hydrogen) atoms. The number of rotatable bonds is 2. The van der Waals surface area contributed by atoms with Crippen molar-refractivity contribution in [3.05, 3.63) is 0 Å². The van der Waals surface area contributed by atoms with E-state index < -0.39 is 5.54 Å². The number of carbonyl (C=O) groups is 2. The zero-order chi connectivity index (χ0) is 11.6. The highest BCUT2D eigenvalue weighted by Crippen LogP contribution is 2.24. The van der Waals surface area contributed by atoms with Gasteiger partial charge in [0.1, 0.15) is 5.54 Å². The molecule has 2 heterocycles. The van der Waals surface area contributed by atoms with Crippen LogP contribution in [0.15, 0.2) is 0 Å². The van der Waals surface area contributed by atoms with Crippen molar-refractivity contribution in [1.82, 2.24) is 15.5 Å². The van der Waals surface area contributed by atoms with E-state index in [-0.39, 0.29) is 11.9 Å². The first-order valence-electron chi connectivity index (χ1n) is 5.44. The molecular formula is C11H15N3O2. The second kappa shape index (κ2) is 4.14. The lowest BCUT2D eigenvalue weighted by Gasteiger charge is -2.18. The highest BCUT2D eigenvalue weighted by Gasteiger charge is 2.52. The zero-order valence-corrected chi connectivity index (χ0v) is 9.30. The molecule has 2 rings (SSSR count). The van der Waals surface area contributed by atoms with Gasteiger partial charge in [0.2, 0.25) is 0 Å². The van der Waals surface area contributed by atoms with Crippen LogP contribution in [0.4, 0.5) is 4.79 Å². The summed E-state index contributed by atoms with van der Waals surface area (Å²) in [6.07, 6.45) is 1.21. The number of urea groups is 1. The third kappa shape index (κ3) is 1.65. The van der Waals surface area contributed by atoms with Crippen molar-refractivity contribution in [2.45, 2.75) is 25.3 Å². The number of imide groups is 1. The molecule has 5 nitrogen and oxygen atoms in total. The maximum absolute atomic E-state index is 12.1. The minimum Gasteiger partial charge on any atom is -0.322 e. The summed E-state index contributed by atoms with van der Waals surface area (Å²) in [5, 5.41) is 5.89. The number of hydrogen-bond acceptors (Lipinski definition) is 3. The Balaban J connectivity index is 2.06. The second-order valence-electron chi connectivity index (χ2n) is 4.07. The van der Waals surface area contributed by atoms with Crippen molar-refractivity contribution < 1.29 is 9.59 Å². The third-order valence-electron chi connectivity index (χ3n) is 3.04. The molecule has 2 N–H and O–H groups in total. The molecule has 5 heteroatoms. The Hall–Kier alpha value is -1.54. The van der Waals surface area contributed by atoms with Crippen molar-refractivity contribution in [2.75, 3.05) is 19.6 Å². The maximum atomic E-state index is 12.1. The SMILES string of the molecule is CC#CCCN1C(=O)NC2(CCNC2)C1=O. The molecule has 2 aliphatic heterocycles. The molecule has 1 spiro atoms. The fraction of sp³-hybridized carbons (Fsp3) is 0.636. The van der Waals surface area contributed by atoms with Crippen LogP contribution in [0.3, 0.4) is 0 Å². The van der Waals surface area contributed by atoms with Gasteiger partial charge in [0, 0.05) is 19.5 Å². The van der Waals surface area contributed by atoms with Gasteiger partial charge in [-0.25, -0.2) is 4.79 Å². The molecule has 0 aliphatic carbocycles. The average molecular weight is 221 g/mol. The molecule has 0 saturated carbocycles. The molecule has 0 bridgehead atoms. The highest BCUT2D eigenvalue weighted by atomic mass is 16.2. The number of carbonyl (C=O) groups excluding carboxylic acids is 2. The maximum Gasteiger partial charge on any atom is 0.325 e. The van der Waals surface area contributed by atoms with Crippen LogP contribution in [-0.4, -0.2) is 42.0 Å². The van der Waals surface area contributed by atoms with E-state index in [1.54, 1.807) is 6.92 Å². The first kappa shape index (κ1) is 11.0. The summed E-state index contributed by atoms with van der Waals surface area (Å²) in [6, 6.07) is -0.286. The predicted molar refractivity (Wildman–Crippen MR) is 58.5 cm³/mol. The summed E-state index contributed by atoms with van der Waals surface area (Å²) in [6.45, 7) is 3.43. The van der Waals surface area contributed by atoms with Gasteiger partial charge in [0.05, 0.1) is 0 Å². The summed E-state index contributed by atoms with van der Waals surface area (Å²) in [5.74, 6) is 5.50. The first-order valence-corrected chi connectivity index (χ1v) is 5.44. The van der Waals surface area contributed by atoms with E-state index >= 15 is 0 Å². The fourth-order valence-corrected chi connectivity index (χ4v) is 2.15. The van der Waals surface area contributed by atoms with Crippen LogP contribution in [0.2, 0.25) is 0 Å². The van der Waals surface area contributed by atoms with Gasteiger partial charge in [-0.2, -0.15) is 0 Å². The highest BCUT2D eigenvalue weighted by molar-refractivity contribution is 6.07. The number of amides is 3. The molecule has 2 aliphatic rings. The van der Waals surface area contributed by atoms with E-state index in [9.17, 15) is 9.59 Å². The van der Waals surface area contributed by atoms with Gasteiger partial charge >= 0.3 is 6.03 Å². The van der Waals surface area contributed by atoms with Crippen LogP contribution in [0.5, 0.6) is 0 Å². The Labute approximate surface area is 94.6 Å². The van der Waals surface area contributed by atoms with Crippen LogP contribution in [0, 0.1) is 11.8 Å². The minimum absolute atomic E-state index is 0.111. The molecule has 3 amide bonds. The zero-order valence-electron chi connectivity index (χ0n) is 9.30. The molecule has 1 unspecified atom stereocenters. The topological polar surface area (TPSA) is 61.4 Å². The van der Waals surface area contributed by atoms with Gasteiger partial charge < -0.3 is 10.6 Å². The molecule has 0 radical (unpaired) electrons. The lowest BCUT2D eigenvalue weighted by atomic mass is 9.99. The second-order valence-corrected chi connectivity index (χ2v) is 4.07. The monoisotopic (exact) mass is 221 g/mol. The lowest BCUT2D eigenvalue weighted by Crippen LogP contribution is -2.48. The van der Waals surface area contributed by atoms with Gasteiger partial charge in [-0.15, -0.1) is 11.8 Å². The van der Waals surface area contributed by atoms with E-state index in [4.69, 9.17) is 0 Å². The van der Waals surface area contributed by atoms with E-state index in [1.807, 2.05) is 0 Å². The summed E-state index contributed by atoms with van der Waals surface area (Å²) < 4.78 is 0. The summed E-state index contributed by atoms with van der Waals surface area (Å²) in [7, 11) is 0. The van der Waals surface area contributed by atoms with Crippen molar-refractivity contribution in [2.24, 2.45) is 0 Å². The molecule has 0 aromatic heterocycles. The Bertz CT molecular complexity index is 374.